The molecule has 15 heteroatoms. The molecule has 15 nitrogen and oxygen atoms in total. The van der Waals surface area contributed by atoms with Crippen LogP contribution in [0.1, 0.15) is 129 Å². The van der Waals surface area contributed by atoms with E-state index in [0.717, 1.165) is 0 Å². The Morgan fingerprint density at radius 3 is 0.922 bits per heavy atom. The van der Waals surface area contributed by atoms with Crippen LogP contribution in [0.15, 0.2) is 0 Å². The van der Waals surface area contributed by atoms with Crippen LogP contribution in [0.2, 0.25) is 0 Å². The van der Waals surface area contributed by atoms with Crippen LogP contribution in [-0.4, -0.2) is 94.3 Å². The highest BCUT2D eigenvalue weighted by Crippen LogP contribution is 2.25. The van der Waals surface area contributed by atoms with Gasteiger partial charge in [-0.1, -0.05) is 6.92 Å². The molecule has 0 aromatic heterocycles. The van der Waals surface area contributed by atoms with Crippen molar-refractivity contribution in [3.63, 3.8) is 0 Å². The third-order valence-corrected chi connectivity index (χ3v) is 7.63. The molecule has 0 radical (unpaired) electrons. The van der Waals surface area contributed by atoms with Crippen molar-refractivity contribution in [1.29, 1.82) is 0 Å². The molecule has 0 aromatic rings. The number of ether oxygens (including phenoxy) is 6. The second-order valence-corrected chi connectivity index (χ2v) is 12.0. The van der Waals surface area contributed by atoms with Crippen LogP contribution in [0.3, 0.4) is 0 Å². The third kappa shape index (κ3) is 28.2. The first-order chi connectivity index (χ1) is 24.6. The zero-order chi connectivity index (χ0) is 38.0. The number of carbonyl (C=O) groups excluding carboxylic acids is 9. The van der Waals surface area contributed by atoms with Gasteiger partial charge in [-0.15, -0.1) is 0 Å². The molecular weight excluding hydrogens is 672 g/mol. The van der Waals surface area contributed by atoms with Crippen molar-refractivity contribution in [3.05, 3.63) is 0 Å². The zero-order valence-electron chi connectivity index (χ0n) is 30.0. The Balaban J connectivity index is 4.81. The van der Waals surface area contributed by atoms with Crippen molar-refractivity contribution in [1.82, 2.24) is 0 Å². The van der Waals surface area contributed by atoms with Crippen molar-refractivity contribution in [2.75, 3.05) is 39.6 Å². The number of hydrogen-bond donors (Lipinski definition) is 0. The summed E-state index contributed by atoms with van der Waals surface area (Å²) >= 11 is 0. The van der Waals surface area contributed by atoms with Crippen molar-refractivity contribution >= 4 is 54.7 Å². The number of hydrogen-bond acceptors (Lipinski definition) is 15. The fraction of sp³-hybridized carbons (Fsp3) is 0.750. The van der Waals surface area contributed by atoms with Crippen LogP contribution in [0.5, 0.6) is 0 Å². The highest BCUT2D eigenvalue weighted by molar-refractivity contribution is 5.73. The van der Waals surface area contributed by atoms with Crippen molar-refractivity contribution in [2.24, 2.45) is 5.41 Å². The summed E-state index contributed by atoms with van der Waals surface area (Å²) < 4.78 is 31.7. The summed E-state index contributed by atoms with van der Waals surface area (Å²) in [4.78, 5) is 103. The Kier molecular flexibility index (Phi) is 29.2. The van der Waals surface area contributed by atoms with E-state index in [4.69, 9.17) is 28.4 Å². The quantitative estimate of drug-likeness (QED) is 0.0392. The van der Waals surface area contributed by atoms with E-state index in [9.17, 15) is 43.2 Å². The molecule has 0 fully saturated rings. The minimum atomic E-state index is -0.984. The lowest BCUT2D eigenvalue weighted by molar-refractivity contribution is -0.163. The number of carbonyl (C=O) groups is 9. The molecule has 0 aromatic carbocycles. The Labute approximate surface area is 300 Å². The Morgan fingerprint density at radius 1 is 0.392 bits per heavy atom. The number of aldehydes is 3. The van der Waals surface area contributed by atoms with Crippen LogP contribution < -0.4 is 0 Å². The molecule has 0 saturated carbocycles. The molecule has 0 bridgehead atoms. The minimum Gasteiger partial charge on any atom is -0.466 e. The summed E-state index contributed by atoms with van der Waals surface area (Å²) in [6.45, 7) is 1.92. The van der Waals surface area contributed by atoms with E-state index in [1.165, 1.54) is 0 Å². The first kappa shape index (κ1) is 46.8. The molecule has 0 rings (SSSR count). The lowest BCUT2D eigenvalue weighted by Gasteiger charge is -2.31. The second kappa shape index (κ2) is 31.8. The lowest BCUT2D eigenvalue weighted by atomic mass is 9.88. The minimum absolute atomic E-state index is 0.0345. The number of esters is 6. The van der Waals surface area contributed by atoms with E-state index in [2.05, 4.69) is 0 Å². The summed E-state index contributed by atoms with van der Waals surface area (Å²) in [5.74, 6) is -2.78. The molecule has 0 amide bonds. The summed E-state index contributed by atoms with van der Waals surface area (Å²) in [5, 5.41) is 0. The van der Waals surface area contributed by atoms with Gasteiger partial charge < -0.3 is 42.8 Å². The third-order valence-electron chi connectivity index (χ3n) is 7.63. The predicted molar refractivity (Wildman–Crippen MR) is 180 cm³/mol. The van der Waals surface area contributed by atoms with Gasteiger partial charge in [0.15, 0.2) is 0 Å². The molecule has 0 atom stereocenters. The van der Waals surface area contributed by atoms with Gasteiger partial charge in [0.05, 0.1) is 44.5 Å². The smallest absolute Gasteiger partial charge is 0.306 e. The maximum absolute atomic E-state index is 12.5. The van der Waals surface area contributed by atoms with Crippen molar-refractivity contribution < 1.29 is 71.6 Å². The highest BCUT2D eigenvalue weighted by Gasteiger charge is 2.34. The average molecular weight is 729 g/mol. The standard InChI is InChI=1S/C36H56O15/c1-2-36(27-49-33(43)15-6-3-9-24-46-30(40)18-12-21-37,28-50-34(44)16-7-4-10-25-47-31(41)19-13-22-38)29-51-35(45)17-8-5-11-26-48-32(42)20-14-23-39/h21-23H,2-20,24-29H2,1H3. The SMILES string of the molecule is CCC(COC(=O)CCCCCOC(=O)CCC=O)(COC(=O)CCCCCOC(=O)CCC=O)COC(=O)CCCCCOC(=O)CCC=O. The van der Waals surface area contributed by atoms with Gasteiger partial charge in [-0.25, -0.2) is 0 Å². The van der Waals surface area contributed by atoms with E-state index in [1.807, 2.05) is 0 Å². The van der Waals surface area contributed by atoms with E-state index in [-0.39, 0.29) is 97.4 Å². The van der Waals surface area contributed by atoms with Gasteiger partial charge in [0.25, 0.3) is 0 Å². The van der Waals surface area contributed by atoms with E-state index < -0.39 is 41.2 Å². The average Bonchev–Trinajstić information content (AvgIpc) is 3.12. The summed E-state index contributed by atoms with van der Waals surface area (Å²) in [5.41, 5.74) is -0.984. The summed E-state index contributed by atoms with van der Waals surface area (Å²) in [6, 6.07) is 0. The molecular formula is C36H56O15. The molecule has 0 aliphatic rings. The van der Waals surface area contributed by atoms with Gasteiger partial charge in [0.1, 0.15) is 38.7 Å². The van der Waals surface area contributed by atoms with Gasteiger partial charge in [-0.05, 0) is 64.2 Å². The van der Waals surface area contributed by atoms with Crippen LogP contribution in [-0.2, 0) is 71.6 Å². The molecule has 0 heterocycles. The van der Waals surface area contributed by atoms with Gasteiger partial charge in [-0.2, -0.15) is 0 Å². The van der Waals surface area contributed by atoms with Crippen molar-refractivity contribution in [2.45, 2.75) is 129 Å². The molecule has 0 aliphatic heterocycles. The summed E-state index contributed by atoms with van der Waals surface area (Å²) in [7, 11) is 0. The van der Waals surface area contributed by atoms with Crippen LogP contribution in [0, 0.1) is 5.41 Å². The second-order valence-electron chi connectivity index (χ2n) is 12.0. The van der Waals surface area contributed by atoms with Gasteiger partial charge in [0, 0.05) is 38.5 Å². The molecule has 0 saturated heterocycles. The zero-order valence-corrected chi connectivity index (χ0v) is 30.0. The maximum atomic E-state index is 12.5. The van der Waals surface area contributed by atoms with E-state index in [0.29, 0.717) is 83.1 Å². The summed E-state index contributed by atoms with van der Waals surface area (Å²) in [6.07, 6.45) is 7.99. The van der Waals surface area contributed by atoms with E-state index in [1.54, 1.807) is 6.92 Å². The largest absolute Gasteiger partial charge is 0.466 e. The first-order valence-electron chi connectivity index (χ1n) is 17.9. The molecule has 0 aliphatic carbocycles. The van der Waals surface area contributed by atoms with Crippen LogP contribution in [0.4, 0.5) is 0 Å². The molecule has 290 valence electrons. The fourth-order valence-electron chi connectivity index (χ4n) is 4.30. The first-order valence-corrected chi connectivity index (χ1v) is 17.9. The van der Waals surface area contributed by atoms with Crippen LogP contribution >= 0.6 is 0 Å². The fourth-order valence-corrected chi connectivity index (χ4v) is 4.30. The van der Waals surface area contributed by atoms with Gasteiger partial charge >= 0.3 is 35.8 Å². The molecule has 0 N–H and O–H groups in total. The molecule has 0 unspecified atom stereocenters. The Morgan fingerprint density at radius 2 is 0.667 bits per heavy atom. The highest BCUT2D eigenvalue weighted by atomic mass is 16.6. The monoisotopic (exact) mass is 728 g/mol. The Hall–Kier alpha value is -4.17. The Bertz CT molecular complexity index is 929. The number of unbranched alkanes of at least 4 members (excludes halogenated alkanes) is 6. The number of rotatable bonds is 34. The van der Waals surface area contributed by atoms with Crippen LogP contribution in [0.25, 0.3) is 0 Å². The topological polar surface area (TPSA) is 209 Å². The van der Waals surface area contributed by atoms with Gasteiger partial charge in [0.2, 0.25) is 0 Å². The molecule has 0 spiro atoms. The molecule has 51 heavy (non-hydrogen) atoms. The normalized spacial score (nSPS) is 10.8. The van der Waals surface area contributed by atoms with Crippen molar-refractivity contribution in [3.8, 4) is 0 Å². The maximum Gasteiger partial charge on any atom is 0.306 e. The van der Waals surface area contributed by atoms with Gasteiger partial charge in [-0.3, -0.25) is 28.8 Å². The predicted octanol–water partition coefficient (Wildman–Crippen LogP) is 4.26. The van der Waals surface area contributed by atoms with E-state index >= 15 is 0 Å². The lowest BCUT2D eigenvalue weighted by Crippen LogP contribution is -2.39.